The number of aryl methyl sites for hydroxylation is 1. The van der Waals surface area contributed by atoms with Crippen molar-refractivity contribution < 1.29 is 9.84 Å². The van der Waals surface area contributed by atoms with Crippen molar-refractivity contribution in [3.05, 3.63) is 11.8 Å². The SMILES string of the molecule is CCC.CCc1cnn2c1OCC(O)C2. The number of ether oxygens (including phenoxy) is 1. The highest BCUT2D eigenvalue weighted by Crippen LogP contribution is 2.22. The van der Waals surface area contributed by atoms with Gasteiger partial charge in [0.05, 0.1) is 12.7 Å². The second-order valence-electron chi connectivity index (χ2n) is 3.68. The molecule has 0 saturated carbocycles. The molecule has 0 aliphatic carbocycles. The van der Waals surface area contributed by atoms with E-state index in [9.17, 15) is 5.11 Å². The van der Waals surface area contributed by atoms with Crippen molar-refractivity contribution in [1.82, 2.24) is 9.78 Å². The molecule has 1 unspecified atom stereocenters. The lowest BCUT2D eigenvalue weighted by Gasteiger charge is -2.20. The first-order valence-corrected chi connectivity index (χ1v) is 5.58. The summed E-state index contributed by atoms with van der Waals surface area (Å²) < 4.78 is 7.06. The molecule has 2 heterocycles. The van der Waals surface area contributed by atoms with Crippen molar-refractivity contribution in [2.24, 2.45) is 0 Å². The maximum atomic E-state index is 9.25. The number of aromatic nitrogens is 2. The van der Waals surface area contributed by atoms with Crippen LogP contribution in [0.15, 0.2) is 6.20 Å². The van der Waals surface area contributed by atoms with E-state index in [1.54, 1.807) is 10.9 Å². The van der Waals surface area contributed by atoms with Gasteiger partial charge in [0.25, 0.3) is 0 Å². The average molecular weight is 212 g/mol. The number of aliphatic hydroxyl groups is 1. The van der Waals surface area contributed by atoms with Crippen LogP contribution in [0.2, 0.25) is 0 Å². The average Bonchev–Trinajstić information content (AvgIpc) is 2.61. The van der Waals surface area contributed by atoms with Crippen LogP contribution in [0.25, 0.3) is 0 Å². The van der Waals surface area contributed by atoms with Gasteiger partial charge in [-0.05, 0) is 6.42 Å². The summed E-state index contributed by atoms with van der Waals surface area (Å²) in [5, 5.41) is 13.4. The predicted octanol–water partition coefficient (Wildman–Crippen LogP) is 1.62. The lowest BCUT2D eigenvalue weighted by molar-refractivity contribution is 0.0552. The molecule has 86 valence electrons. The van der Waals surface area contributed by atoms with Gasteiger partial charge >= 0.3 is 0 Å². The zero-order chi connectivity index (χ0) is 11.3. The van der Waals surface area contributed by atoms with Crippen molar-refractivity contribution in [2.75, 3.05) is 6.61 Å². The van der Waals surface area contributed by atoms with Crippen LogP contribution >= 0.6 is 0 Å². The van der Waals surface area contributed by atoms with Gasteiger partial charge in [-0.3, -0.25) is 0 Å². The van der Waals surface area contributed by atoms with Crippen LogP contribution in [-0.2, 0) is 13.0 Å². The quantitative estimate of drug-likeness (QED) is 0.769. The summed E-state index contributed by atoms with van der Waals surface area (Å²) in [5.74, 6) is 0.822. The molecule has 1 aromatic heterocycles. The zero-order valence-electron chi connectivity index (χ0n) is 9.73. The molecule has 1 aliphatic rings. The first-order valence-electron chi connectivity index (χ1n) is 5.58. The largest absolute Gasteiger partial charge is 0.475 e. The van der Waals surface area contributed by atoms with E-state index in [-0.39, 0.29) is 0 Å². The molecule has 4 heteroatoms. The molecule has 0 fully saturated rings. The van der Waals surface area contributed by atoms with Crippen LogP contribution in [-0.4, -0.2) is 27.6 Å². The Morgan fingerprint density at radius 3 is 2.80 bits per heavy atom. The van der Waals surface area contributed by atoms with Gasteiger partial charge in [0.15, 0.2) is 0 Å². The standard InChI is InChI=1S/C8H12N2O2.C3H8/c1-2-6-3-9-10-4-7(11)5-12-8(6)10;1-3-2/h3,7,11H,2,4-5H2,1H3;3H2,1-2H3. The molecular formula is C11H20N2O2. The third-order valence-corrected chi connectivity index (χ3v) is 2.04. The van der Waals surface area contributed by atoms with Gasteiger partial charge < -0.3 is 9.84 Å². The molecule has 0 saturated heterocycles. The van der Waals surface area contributed by atoms with Crippen molar-refractivity contribution in [3.8, 4) is 5.88 Å². The van der Waals surface area contributed by atoms with Crippen LogP contribution in [0.5, 0.6) is 5.88 Å². The van der Waals surface area contributed by atoms with Gasteiger partial charge in [-0.2, -0.15) is 5.10 Å². The first-order chi connectivity index (χ1) is 7.22. The fraction of sp³-hybridized carbons (Fsp3) is 0.727. The Bertz CT molecular complexity index is 297. The highest BCUT2D eigenvalue weighted by molar-refractivity contribution is 5.25. The van der Waals surface area contributed by atoms with E-state index in [1.165, 1.54) is 6.42 Å². The van der Waals surface area contributed by atoms with E-state index in [0.717, 1.165) is 17.9 Å². The minimum atomic E-state index is -0.415. The second-order valence-corrected chi connectivity index (χ2v) is 3.68. The van der Waals surface area contributed by atoms with Crippen molar-refractivity contribution >= 4 is 0 Å². The fourth-order valence-corrected chi connectivity index (χ4v) is 1.38. The number of aliphatic hydroxyl groups excluding tert-OH is 1. The lowest BCUT2D eigenvalue weighted by atomic mass is 10.2. The van der Waals surface area contributed by atoms with Crippen LogP contribution in [0, 0.1) is 0 Å². The molecule has 0 aromatic carbocycles. The van der Waals surface area contributed by atoms with Gasteiger partial charge in [-0.25, -0.2) is 4.68 Å². The minimum Gasteiger partial charge on any atom is -0.475 e. The van der Waals surface area contributed by atoms with E-state index in [4.69, 9.17) is 4.74 Å². The van der Waals surface area contributed by atoms with Crippen molar-refractivity contribution in [1.29, 1.82) is 0 Å². The molecule has 15 heavy (non-hydrogen) atoms. The third-order valence-electron chi connectivity index (χ3n) is 2.04. The Kier molecular flexibility index (Phi) is 4.62. The number of hydrogen-bond donors (Lipinski definition) is 1. The minimum absolute atomic E-state index is 0.388. The molecule has 0 amide bonds. The van der Waals surface area contributed by atoms with Gasteiger partial charge in [-0.15, -0.1) is 0 Å². The summed E-state index contributed by atoms with van der Waals surface area (Å²) in [6.45, 7) is 7.25. The van der Waals surface area contributed by atoms with Gasteiger partial charge in [0.2, 0.25) is 5.88 Å². The topological polar surface area (TPSA) is 47.3 Å². The number of nitrogens with zero attached hydrogens (tertiary/aromatic N) is 2. The van der Waals surface area contributed by atoms with Crippen LogP contribution in [0.4, 0.5) is 0 Å². The maximum Gasteiger partial charge on any atom is 0.215 e. The second kappa shape index (κ2) is 5.75. The Morgan fingerprint density at radius 2 is 2.20 bits per heavy atom. The summed E-state index contributed by atoms with van der Waals surface area (Å²) in [4.78, 5) is 0. The molecule has 0 bridgehead atoms. The fourth-order valence-electron chi connectivity index (χ4n) is 1.38. The Labute approximate surface area is 90.9 Å². The monoisotopic (exact) mass is 212 g/mol. The van der Waals surface area contributed by atoms with E-state index in [0.29, 0.717) is 13.2 Å². The summed E-state index contributed by atoms with van der Waals surface area (Å²) in [6.07, 6.45) is 3.56. The highest BCUT2D eigenvalue weighted by atomic mass is 16.5. The van der Waals surface area contributed by atoms with E-state index >= 15 is 0 Å². The zero-order valence-corrected chi connectivity index (χ0v) is 9.73. The summed E-state index contributed by atoms with van der Waals surface area (Å²) in [5.41, 5.74) is 1.11. The van der Waals surface area contributed by atoms with Gasteiger partial charge in [-0.1, -0.05) is 27.2 Å². The van der Waals surface area contributed by atoms with Crippen LogP contribution in [0.1, 0.15) is 32.8 Å². The number of fused-ring (bicyclic) bond motifs is 1. The molecule has 2 rings (SSSR count). The molecule has 1 aromatic rings. The van der Waals surface area contributed by atoms with E-state index < -0.39 is 6.10 Å². The van der Waals surface area contributed by atoms with Crippen molar-refractivity contribution in [2.45, 2.75) is 46.3 Å². The Balaban J connectivity index is 0.000000337. The highest BCUT2D eigenvalue weighted by Gasteiger charge is 2.20. The Hall–Kier alpha value is -1.03. The summed E-state index contributed by atoms with van der Waals surface area (Å²) in [6, 6.07) is 0. The molecule has 1 atom stereocenters. The molecule has 0 radical (unpaired) electrons. The molecular weight excluding hydrogens is 192 g/mol. The molecule has 4 nitrogen and oxygen atoms in total. The molecule has 1 aliphatic heterocycles. The summed E-state index contributed by atoms with van der Waals surface area (Å²) >= 11 is 0. The molecule has 1 N–H and O–H groups in total. The first kappa shape index (κ1) is 12.0. The van der Waals surface area contributed by atoms with Gasteiger partial charge in [0.1, 0.15) is 12.7 Å². The predicted molar refractivity (Wildman–Crippen MR) is 59.1 cm³/mol. The van der Waals surface area contributed by atoms with Crippen LogP contribution in [0.3, 0.4) is 0 Å². The van der Waals surface area contributed by atoms with E-state index in [2.05, 4.69) is 25.9 Å². The smallest absolute Gasteiger partial charge is 0.215 e. The Morgan fingerprint density at radius 1 is 1.53 bits per heavy atom. The molecule has 0 spiro atoms. The number of hydrogen-bond acceptors (Lipinski definition) is 3. The van der Waals surface area contributed by atoms with Crippen LogP contribution < -0.4 is 4.74 Å². The lowest BCUT2D eigenvalue weighted by Crippen LogP contribution is -2.30. The maximum absolute atomic E-state index is 9.25. The summed E-state index contributed by atoms with van der Waals surface area (Å²) in [7, 11) is 0. The van der Waals surface area contributed by atoms with E-state index in [1.807, 2.05) is 0 Å². The third kappa shape index (κ3) is 2.96. The number of rotatable bonds is 1. The van der Waals surface area contributed by atoms with Gasteiger partial charge in [0, 0.05) is 5.56 Å². The normalized spacial score (nSPS) is 18.5. The van der Waals surface area contributed by atoms with Crippen molar-refractivity contribution in [3.63, 3.8) is 0 Å².